The summed E-state index contributed by atoms with van der Waals surface area (Å²) in [5, 5.41) is 7.23. The van der Waals surface area contributed by atoms with E-state index >= 15 is 0 Å². The van der Waals surface area contributed by atoms with Crippen molar-refractivity contribution < 1.29 is 14.7 Å². The molecule has 0 spiro atoms. The molecule has 2 heterocycles. The summed E-state index contributed by atoms with van der Waals surface area (Å²) in [5.41, 5.74) is -2.22. The number of imidazole rings is 1. The topological polar surface area (TPSA) is 123 Å². The van der Waals surface area contributed by atoms with Crippen LogP contribution in [0.25, 0.3) is 12.1 Å². The molecule has 0 aliphatic heterocycles. The Hall–Kier alpha value is -2.81. The molecule has 10 heteroatoms. The van der Waals surface area contributed by atoms with Crippen LogP contribution in [0.2, 0.25) is 0 Å². The van der Waals surface area contributed by atoms with Crippen LogP contribution in [0.1, 0.15) is 10.5 Å². The molecular formula is C11H7ClN4O5. The Morgan fingerprint density at radius 2 is 2.10 bits per heavy atom. The largest absolute Gasteiger partial charge is 0.480 e. The third-order valence-corrected chi connectivity index (χ3v) is 2.73. The highest BCUT2D eigenvalue weighted by Gasteiger charge is 2.18. The number of aliphatic carboxylic acids is 1. The number of carbonyl (C=O) groups excluding carboxylic acids is 1. The van der Waals surface area contributed by atoms with Gasteiger partial charge in [-0.1, -0.05) is 6.58 Å². The van der Waals surface area contributed by atoms with Gasteiger partial charge in [0.1, 0.15) is 23.7 Å². The fraction of sp³-hybridized carbons (Fsp3) is 0.0909. The molecule has 2 aromatic rings. The second-order valence-corrected chi connectivity index (χ2v) is 4.21. The Bertz CT molecular complexity index is 942. The first kappa shape index (κ1) is 14.6. The first-order valence-corrected chi connectivity index (χ1v) is 5.78. The van der Waals surface area contributed by atoms with Crippen LogP contribution in [0, 0.1) is 0 Å². The lowest BCUT2D eigenvalue weighted by Crippen LogP contribution is -2.46. The molecule has 1 N–H and O–H groups in total. The zero-order chi connectivity index (χ0) is 15.7. The lowest BCUT2D eigenvalue weighted by Gasteiger charge is -2.00. The summed E-state index contributed by atoms with van der Waals surface area (Å²) in [6.45, 7) is 2.84. The number of rotatable bonds is 4. The van der Waals surface area contributed by atoms with Gasteiger partial charge in [0.15, 0.2) is 5.69 Å². The number of fused-ring (bicyclic) bond motifs is 1. The maximum atomic E-state index is 12.2. The summed E-state index contributed by atoms with van der Waals surface area (Å²) in [6, 6.07) is 0. The van der Waals surface area contributed by atoms with Crippen LogP contribution in [0.3, 0.4) is 0 Å². The molecule has 0 saturated heterocycles. The first-order chi connectivity index (χ1) is 9.84. The zero-order valence-electron chi connectivity index (χ0n) is 10.3. The zero-order valence-corrected chi connectivity index (χ0v) is 11.1. The van der Waals surface area contributed by atoms with Crippen LogP contribution in [0.5, 0.6) is 0 Å². The minimum Gasteiger partial charge on any atom is -0.480 e. The molecule has 0 amide bonds. The summed E-state index contributed by atoms with van der Waals surface area (Å²) < 4.78 is 1.59. The number of halogens is 1. The van der Waals surface area contributed by atoms with Crippen molar-refractivity contribution in [2.24, 2.45) is 4.99 Å². The number of aromatic nitrogens is 3. The maximum Gasteiger partial charge on any atom is 0.325 e. The molecule has 0 atom stereocenters. The van der Waals surface area contributed by atoms with Gasteiger partial charge in [-0.3, -0.25) is 33.1 Å². The summed E-state index contributed by atoms with van der Waals surface area (Å²) in [7, 11) is 0. The van der Waals surface area contributed by atoms with Gasteiger partial charge in [0.05, 0.1) is 6.34 Å². The maximum absolute atomic E-state index is 12.2. The normalized spacial score (nSPS) is 11.3. The van der Waals surface area contributed by atoms with E-state index in [0.717, 1.165) is 21.6 Å². The molecule has 0 bridgehead atoms. The Morgan fingerprint density at radius 3 is 2.67 bits per heavy atom. The van der Waals surface area contributed by atoms with E-state index < -0.39 is 28.9 Å². The van der Waals surface area contributed by atoms with Crippen molar-refractivity contribution in [3.63, 3.8) is 0 Å². The second kappa shape index (κ2) is 5.29. The van der Waals surface area contributed by atoms with Crippen molar-refractivity contribution in [2.45, 2.75) is 0 Å². The molecule has 0 aromatic carbocycles. The van der Waals surface area contributed by atoms with Gasteiger partial charge < -0.3 is 5.11 Å². The van der Waals surface area contributed by atoms with Gasteiger partial charge in [-0.15, -0.1) is 0 Å². The Morgan fingerprint density at radius 1 is 1.43 bits per heavy atom. The Labute approximate surface area is 120 Å². The number of carbonyl (C=O) groups is 2. The van der Waals surface area contributed by atoms with E-state index in [0.29, 0.717) is 0 Å². The molecule has 9 nitrogen and oxygen atoms in total. The van der Waals surface area contributed by atoms with E-state index in [4.69, 9.17) is 16.7 Å². The smallest absolute Gasteiger partial charge is 0.325 e. The van der Waals surface area contributed by atoms with Crippen LogP contribution in [0.15, 0.2) is 20.9 Å². The molecule has 0 radical (unpaired) electrons. The number of carboxylic acid groups (broad SMARTS) is 1. The summed E-state index contributed by atoms with van der Waals surface area (Å²) >= 11 is 5.29. The molecule has 21 heavy (non-hydrogen) atoms. The van der Waals surface area contributed by atoms with Crippen molar-refractivity contribution in [1.82, 2.24) is 14.0 Å². The average molecular weight is 311 g/mol. The Balaban J connectivity index is 2.81. The van der Waals surface area contributed by atoms with E-state index in [-0.39, 0.29) is 16.6 Å². The standard InChI is InChI=1S/C11H7ClN4O5/c1-5-10(20)16-4-14-7(9(12)19)8(16)11(21)15(5)3-13-2-6(17)18/h3-4H,1-2H2,(H,17,18). The van der Waals surface area contributed by atoms with Crippen LogP contribution < -0.4 is 16.5 Å². The van der Waals surface area contributed by atoms with E-state index in [9.17, 15) is 19.2 Å². The number of hydrogen-bond donors (Lipinski definition) is 1. The van der Waals surface area contributed by atoms with Crippen LogP contribution >= 0.6 is 11.6 Å². The van der Waals surface area contributed by atoms with Crippen LogP contribution in [-0.2, 0) is 4.79 Å². The van der Waals surface area contributed by atoms with E-state index in [1.165, 1.54) is 0 Å². The molecule has 0 aliphatic carbocycles. The van der Waals surface area contributed by atoms with Crippen LogP contribution in [0.4, 0.5) is 0 Å². The van der Waals surface area contributed by atoms with Crippen LogP contribution in [-0.4, -0.2) is 43.2 Å². The quantitative estimate of drug-likeness (QED) is 0.409. The van der Waals surface area contributed by atoms with Crippen molar-refractivity contribution in [3.05, 3.63) is 38.1 Å². The third-order valence-electron chi connectivity index (χ3n) is 2.56. The van der Waals surface area contributed by atoms with Gasteiger partial charge in [0, 0.05) is 0 Å². The molecular weight excluding hydrogens is 304 g/mol. The Kier molecular flexibility index (Phi) is 3.68. The highest BCUT2D eigenvalue weighted by atomic mass is 35.5. The fourth-order valence-electron chi connectivity index (χ4n) is 1.65. The fourth-order valence-corrected chi connectivity index (χ4v) is 1.79. The van der Waals surface area contributed by atoms with Gasteiger partial charge in [-0.25, -0.2) is 4.98 Å². The summed E-state index contributed by atoms with van der Waals surface area (Å²) in [4.78, 5) is 52.9. The number of nitrogens with zero attached hydrogens (tertiary/aromatic N) is 4. The number of aliphatic imine (C=N–C) groups is 1. The van der Waals surface area contributed by atoms with Gasteiger partial charge in [-0.05, 0) is 11.6 Å². The van der Waals surface area contributed by atoms with Gasteiger partial charge in [-0.2, -0.15) is 0 Å². The van der Waals surface area contributed by atoms with Gasteiger partial charge in [0.25, 0.3) is 16.4 Å². The number of carboxylic acids is 1. The number of hydrogen-bond acceptors (Lipinski definition) is 6. The van der Waals surface area contributed by atoms with Crippen molar-refractivity contribution in [1.29, 1.82) is 0 Å². The first-order valence-electron chi connectivity index (χ1n) is 5.40. The van der Waals surface area contributed by atoms with Crippen molar-refractivity contribution in [3.8, 4) is 0 Å². The van der Waals surface area contributed by atoms with Crippen molar-refractivity contribution >= 4 is 41.2 Å². The molecule has 2 rings (SSSR count). The van der Waals surface area contributed by atoms with E-state index in [1.807, 2.05) is 0 Å². The minimum atomic E-state index is -1.21. The molecule has 108 valence electrons. The molecule has 0 unspecified atom stereocenters. The van der Waals surface area contributed by atoms with Crippen molar-refractivity contribution in [2.75, 3.05) is 6.54 Å². The predicted octanol–water partition coefficient (Wildman–Crippen LogP) is -1.67. The predicted molar refractivity (Wildman–Crippen MR) is 73.0 cm³/mol. The van der Waals surface area contributed by atoms with E-state index in [1.54, 1.807) is 0 Å². The highest BCUT2D eigenvalue weighted by Crippen LogP contribution is 2.04. The molecule has 0 fully saturated rings. The van der Waals surface area contributed by atoms with Gasteiger partial charge in [0.2, 0.25) is 0 Å². The highest BCUT2D eigenvalue weighted by molar-refractivity contribution is 6.68. The lowest BCUT2D eigenvalue weighted by atomic mass is 10.4. The average Bonchev–Trinajstić information content (AvgIpc) is 2.85. The lowest BCUT2D eigenvalue weighted by molar-refractivity contribution is -0.135. The molecule has 0 aliphatic rings. The van der Waals surface area contributed by atoms with E-state index in [2.05, 4.69) is 16.6 Å². The molecule has 0 saturated carbocycles. The minimum absolute atomic E-state index is 0.257. The SMILES string of the molecule is C=c1c(=O)n2cnc(C(=O)Cl)c2c(=O)n1C=NCC(=O)O. The molecule has 2 aromatic heterocycles. The monoisotopic (exact) mass is 310 g/mol. The summed E-state index contributed by atoms with van der Waals surface area (Å²) in [6.07, 6.45) is 1.85. The third kappa shape index (κ3) is 2.46. The summed E-state index contributed by atoms with van der Waals surface area (Å²) in [5.74, 6) is -1.21. The second-order valence-electron chi connectivity index (χ2n) is 3.86. The van der Waals surface area contributed by atoms with Gasteiger partial charge >= 0.3 is 5.97 Å².